The number of aromatic nitrogens is 2. The number of para-hydroxylation sites is 1. The van der Waals surface area contributed by atoms with Crippen LogP contribution in [0.4, 0.5) is 5.69 Å². The fourth-order valence-corrected chi connectivity index (χ4v) is 4.55. The maximum atomic E-state index is 13.8. The minimum atomic E-state index is -1.63. The number of halogens is 1. The van der Waals surface area contributed by atoms with Crippen LogP contribution in [0.1, 0.15) is 22.4 Å². The molecule has 4 aromatic rings. The van der Waals surface area contributed by atoms with E-state index in [9.17, 15) is 9.90 Å². The minimum absolute atomic E-state index is 0.254. The zero-order chi connectivity index (χ0) is 23.0. The standard InChI is InChI=1S/C26H26BrN3O2/c1-18-24(25(31)30(29(18)4)23-11-6-5-7-12-23)26(32,20-9-8-10-21(27)17-20)19-13-15-22(16-14-19)28(2)3/h5-17,32H,1-4H3. The molecule has 0 aliphatic carbocycles. The van der Waals surface area contributed by atoms with E-state index < -0.39 is 5.60 Å². The number of benzene rings is 3. The summed E-state index contributed by atoms with van der Waals surface area (Å²) in [5.41, 5.74) is 2.15. The monoisotopic (exact) mass is 491 g/mol. The van der Waals surface area contributed by atoms with E-state index in [1.165, 1.54) is 0 Å². The number of nitrogens with zero attached hydrogens (tertiary/aromatic N) is 3. The van der Waals surface area contributed by atoms with E-state index >= 15 is 0 Å². The second-order valence-corrected chi connectivity index (χ2v) is 9.01. The van der Waals surface area contributed by atoms with Gasteiger partial charge in [-0.15, -0.1) is 0 Å². The van der Waals surface area contributed by atoms with Gasteiger partial charge in [0.2, 0.25) is 0 Å². The van der Waals surface area contributed by atoms with E-state index in [2.05, 4.69) is 15.9 Å². The van der Waals surface area contributed by atoms with Crippen molar-refractivity contribution in [3.05, 3.63) is 116 Å². The van der Waals surface area contributed by atoms with Crippen molar-refractivity contribution >= 4 is 21.6 Å². The molecule has 0 fully saturated rings. The summed E-state index contributed by atoms with van der Waals surface area (Å²) in [7, 11) is 5.77. The summed E-state index contributed by atoms with van der Waals surface area (Å²) in [6.07, 6.45) is 0. The molecule has 0 aliphatic rings. The molecular formula is C26H26BrN3O2. The van der Waals surface area contributed by atoms with Crippen molar-refractivity contribution in [3.8, 4) is 5.69 Å². The minimum Gasteiger partial charge on any atom is -0.378 e. The van der Waals surface area contributed by atoms with Gasteiger partial charge in [0.1, 0.15) is 5.60 Å². The number of hydrogen-bond acceptors (Lipinski definition) is 3. The highest BCUT2D eigenvalue weighted by molar-refractivity contribution is 9.10. The van der Waals surface area contributed by atoms with Gasteiger partial charge in [-0.3, -0.25) is 9.48 Å². The molecule has 0 radical (unpaired) electrons. The average Bonchev–Trinajstić information content (AvgIpc) is 3.02. The van der Waals surface area contributed by atoms with Crippen molar-refractivity contribution in [2.24, 2.45) is 7.05 Å². The molecular weight excluding hydrogens is 466 g/mol. The summed E-state index contributed by atoms with van der Waals surface area (Å²) >= 11 is 3.52. The number of hydrogen-bond donors (Lipinski definition) is 1. The molecule has 1 aromatic heterocycles. The first-order valence-electron chi connectivity index (χ1n) is 10.4. The Morgan fingerprint density at radius 3 is 2.16 bits per heavy atom. The van der Waals surface area contributed by atoms with Gasteiger partial charge in [0, 0.05) is 37.0 Å². The van der Waals surface area contributed by atoms with Gasteiger partial charge in [-0.1, -0.05) is 58.4 Å². The van der Waals surface area contributed by atoms with Crippen molar-refractivity contribution in [1.29, 1.82) is 0 Å². The van der Waals surface area contributed by atoms with Gasteiger partial charge >= 0.3 is 0 Å². The predicted molar refractivity (Wildman–Crippen MR) is 133 cm³/mol. The maximum absolute atomic E-state index is 13.8. The number of rotatable bonds is 5. The lowest BCUT2D eigenvalue weighted by atomic mass is 9.80. The molecule has 6 heteroatoms. The Kier molecular flexibility index (Phi) is 5.84. The molecule has 0 spiro atoms. The largest absolute Gasteiger partial charge is 0.378 e. The Morgan fingerprint density at radius 2 is 1.56 bits per heavy atom. The lowest BCUT2D eigenvalue weighted by Crippen LogP contribution is -2.35. The molecule has 3 aromatic carbocycles. The second-order valence-electron chi connectivity index (χ2n) is 8.10. The third-order valence-electron chi connectivity index (χ3n) is 5.96. The molecule has 1 unspecified atom stereocenters. The zero-order valence-electron chi connectivity index (χ0n) is 18.6. The highest BCUT2D eigenvalue weighted by Gasteiger charge is 2.40. The molecule has 1 atom stereocenters. The molecule has 5 nitrogen and oxygen atoms in total. The predicted octanol–water partition coefficient (Wildman–Crippen LogP) is 4.60. The Balaban J connectivity index is 2.03. The van der Waals surface area contributed by atoms with Crippen molar-refractivity contribution in [2.75, 3.05) is 19.0 Å². The first kappa shape index (κ1) is 22.1. The van der Waals surface area contributed by atoms with Crippen LogP contribution in [-0.4, -0.2) is 28.6 Å². The van der Waals surface area contributed by atoms with E-state index in [0.717, 1.165) is 15.8 Å². The van der Waals surface area contributed by atoms with Crippen LogP contribution in [0.3, 0.4) is 0 Å². The van der Waals surface area contributed by atoms with Crippen LogP contribution in [0, 0.1) is 6.92 Å². The van der Waals surface area contributed by atoms with Gasteiger partial charge in [-0.25, -0.2) is 4.68 Å². The fourth-order valence-electron chi connectivity index (χ4n) is 4.15. The molecule has 4 rings (SSSR count). The molecule has 164 valence electrons. The van der Waals surface area contributed by atoms with E-state index in [0.29, 0.717) is 22.4 Å². The molecule has 0 saturated heterocycles. The van der Waals surface area contributed by atoms with Crippen molar-refractivity contribution < 1.29 is 5.11 Å². The van der Waals surface area contributed by atoms with E-state index in [1.807, 2.05) is 112 Å². The summed E-state index contributed by atoms with van der Waals surface area (Å²) in [5.74, 6) is 0. The molecule has 1 N–H and O–H groups in total. The van der Waals surface area contributed by atoms with Crippen LogP contribution in [-0.2, 0) is 12.6 Å². The molecule has 1 heterocycles. The van der Waals surface area contributed by atoms with Crippen LogP contribution >= 0.6 is 15.9 Å². The van der Waals surface area contributed by atoms with E-state index in [1.54, 1.807) is 9.36 Å². The van der Waals surface area contributed by atoms with Gasteiger partial charge < -0.3 is 10.0 Å². The fraction of sp³-hybridized carbons (Fsp3) is 0.192. The summed E-state index contributed by atoms with van der Waals surface area (Å²) < 4.78 is 4.22. The molecule has 0 amide bonds. The Bertz CT molecular complexity index is 1310. The van der Waals surface area contributed by atoms with Crippen molar-refractivity contribution in [2.45, 2.75) is 12.5 Å². The van der Waals surface area contributed by atoms with Crippen LogP contribution in [0.25, 0.3) is 5.69 Å². The van der Waals surface area contributed by atoms with E-state index in [-0.39, 0.29) is 5.56 Å². The van der Waals surface area contributed by atoms with Crippen molar-refractivity contribution in [1.82, 2.24) is 9.36 Å². The lowest BCUT2D eigenvalue weighted by Gasteiger charge is -2.29. The topological polar surface area (TPSA) is 50.4 Å². The van der Waals surface area contributed by atoms with Gasteiger partial charge in [-0.2, -0.15) is 0 Å². The lowest BCUT2D eigenvalue weighted by molar-refractivity contribution is 0.123. The summed E-state index contributed by atoms with van der Waals surface area (Å²) in [6, 6.07) is 24.6. The van der Waals surface area contributed by atoms with Gasteiger partial charge in [-0.05, 0) is 54.4 Å². The third-order valence-corrected chi connectivity index (χ3v) is 6.45. The molecule has 0 aliphatic heterocycles. The zero-order valence-corrected chi connectivity index (χ0v) is 20.2. The number of aliphatic hydroxyl groups is 1. The van der Waals surface area contributed by atoms with Crippen molar-refractivity contribution in [3.63, 3.8) is 0 Å². The SMILES string of the molecule is Cc1c(C(O)(c2ccc(N(C)C)cc2)c2cccc(Br)c2)c(=O)n(-c2ccccc2)n1C. The first-order chi connectivity index (χ1) is 15.2. The van der Waals surface area contributed by atoms with Gasteiger partial charge in [0.25, 0.3) is 5.56 Å². The summed E-state index contributed by atoms with van der Waals surface area (Å²) in [5, 5.41) is 12.4. The third kappa shape index (κ3) is 3.59. The Morgan fingerprint density at radius 1 is 0.906 bits per heavy atom. The van der Waals surface area contributed by atoms with E-state index in [4.69, 9.17) is 0 Å². The molecule has 0 bridgehead atoms. The smallest absolute Gasteiger partial charge is 0.278 e. The summed E-state index contributed by atoms with van der Waals surface area (Å²) in [4.78, 5) is 15.8. The van der Waals surface area contributed by atoms with Crippen LogP contribution in [0.15, 0.2) is 88.1 Å². The average molecular weight is 492 g/mol. The number of anilines is 1. The highest BCUT2D eigenvalue weighted by atomic mass is 79.9. The van der Waals surface area contributed by atoms with Crippen LogP contribution in [0.5, 0.6) is 0 Å². The first-order valence-corrected chi connectivity index (χ1v) is 11.1. The second kappa shape index (κ2) is 8.45. The Hall–Kier alpha value is -3.09. The Labute approximate surface area is 196 Å². The summed E-state index contributed by atoms with van der Waals surface area (Å²) in [6.45, 7) is 1.87. The normalized spacial score (nSPS) is 13.1. The quantitative estimate of drug-likeness (QED) is 0.443. The van der Waals surface area contributed by atoms with Crippen LogP contribution < -0.4 is 10.5 Å². The van der Waals surface area contributed by atoms with Gasteiger partial charge in [0.15, 0.2) is 0 Å². The van der Waals surface area contributed by atoms with Gasteiger partial charge in [0.05, 0.1) is 11.3 Å². The molecule has 0 saturated carbocycles. The molecule has 32 heavy (non-hydrogen) atoms. The highest BCUT2D eigenvalue weighted by Crippen LogP contribution is 2.38. The maximum Gasteiger partial charge on any atom is 0.278 e. The van der Waals surface area contributed by atoms with Crippen LogP contribution in [0.2, 0.25) is 0 Å².